The van der Waals surface area contributed by atoms with Crippen molar-refractivity contribution in [1.29, 1.82) is 0 Å². The average molecular weight is 429 g/mol. The van der Waals surface area contributed by atoms with Gasteiger partial charge in [-0.15, -0.1) is 0 Å². The first-order valence-electron chi connectivity index (χ1n) is 10.6. The van der Waals surface area contributed by atoms with Gasteiger partial charge in [-0.25, -0.2) is 9.78 Å². The van der Waals surface area contributed by atoms with E-state index in [9.17, 15) is 14.4 Å². The summed E-state index contributed by atoms with van der Waals surface area (Å²) in [5.41, 5.74) is 2.91. The second-order valence-electron chi connectivity index (χ2n) is 8.21. The largest absolute Gasteiger partial charge is 0.350 e. The molecule has 1 atom stereocenters. The monoisotopic (exact) mass is 429 g/mol. The molecule has 3 aromatic rings. The molecule has 0 unspecified atom stereocenters. The van der Waals surface area contributed by atoms with Gasteiger partial charge in [0.25, 0.3) is 5.91 Å². The first-order chi connectivity index (χ1) is 15.5. The Morgan fingerprint density at radius 3 is 2.66 bits per heavy atom. The topological polar surface area (TPSA) is 96.3 Å². The number of carbonyl (C=O) groups excluding carboxylic acids is 3. The molecule has 1 spiro atoms. The van der Waals surface area contributed by atoms with E-state index in [4.69, 9.17) is 0 Å². The van der Waals surface area contributed by atoms with E-state index in [1.54, 1.807) is 12.5 Å². The van der Waals surface area contributed by atoms with E-state index in [1.807, 2.05) is 59.3 Å². The lowest BCUT2D eigenvalue weighted by molar-refractivity contribution is -0.135. The summed E-state index contributed by atoms with van der Waals surface area (Å²) in [5.74, 6) is -0.731. The molecule has 0 saturated carbocycles. The van der Waals surface area contributed by atoms with E-state index in [2.05, 4.69) is 15.6 Å². The standard InChI is InChI=1S/C24H23N5O3/c30-21(26-13-17-5-7-18(8-6-17)14-28-12-11-25-16-28)15-29-22(31)24(27-23(29)32)10-9-19-3-1-2-4-20(19)24/h1-8,11-12,16H,9-10,13-15H2,(H,26,30)(H,27,32)/t24-/m1/s1. The fourth-order valence-electron chi connectivity index (χ4n) is 4.49. The molecule has 1 aliphatic carbocycles. The van der Waals surface area contributed by atoms with Gasteiger partial charge in [-0.3, -0.25) is 14.5 Å². The Hall–Kier alpha value is -3.94. The maximum atomic E-state index is 13.1. The fourth-order valence-corrected chi connectivity index (χ4v) is 4.49. The van der Waals surface area contributed by atoms with Crippen LogP contribution in [0.4, 0.5) is 4.79 Å². The van der Waals surface area contributed by atoms with Crippen molar-refractivity contribution in [3.8, 4) is 0 Å². The van der Waals surface area contributed by atoms with Crippen LogP contribution < -0.4 is 10.6 Å². The normalized spacial score (nSPS) is 19.3. The van der Waals surface area contributed by atoms with Gasteiger partial charge in [-0.2, -0.15) is 0 Å². The minimum atomic E-state index is -1.04. The zero-order valence-electron chi connectivity index (χ0n) is 17.5. The molecule has 1 aromatic heterocycles. The van der Waals surface area contributed by atoms with Crippen LogP contribution >= 0.6 is 0 Å². The van der Waals surface area contributed by atoms with E-state index in [0.29, 0.717) is 13.0 Å². The van der Waals surface area contributed by atoms with Crippen LogP contribution in [0.3, 0.4) is 0 Å². The molecule has 1 fully saturated rings. The quantitative estimate of drug-likeness (QED) is 0.586. The number of hydrogen-bond acceptors (Lipinski definition) is 4. The van der Waals surface area contributed by atoms with E-state index >= 15 is 0 Å². The predicted molar refractivity (Wildman–Crippen MR) is 116 cm³/mol. The molecule has 2 N–H and O–H groups in total. The summed E-state index contributed by atoms with van der Waals surface area (Å²) in [4.78, 5) is 43.2. The first kappa shape index (κ1) is 20.0. The first-order valence-corrected chi connectivity index (χ1v) is 10.6. The van der Waals surface area contributed by atoms with Crippen LogP contribution in [0.2, 0.25) is 0 Å². The van der Waals surface area contributed by atoms with Gasteiger partial charge in [0.05, 0.1) is 6.33 Å². The van der Waals surface area contributed by atoms with Crippen LogP contribution in [0, 0.1) is 0 Å². The van der Waals surface area contributed by atoms with Crippen LogP contribution in [-0.2, 0) is 34.6 Å². The SMILES string of the molecule is O=C(CN1C(=O)N[C@@]2(CCc3ccccc32)C1=O)NCc1ccc(Cn2ccnc2)cc1. The minimum Gasteiger partial charge on any atom is -0.350 e. The number of carbonyl (C=O) groups is 3. The number of imide groups is 1. The van der Waals surface area contributed by atoms with Crippen molar-refractivity contribution in [2.75, 3.05) is 6.54 Å². The van der Waals surface area contributed by atoms with Gasteiger partial charge in [0.2, 0.25) is 5.91 Å². The highest BCUT2D eigenvalue weighted by Gasteiger charge is 2.55. The third-order valence-electron chi connectivity index (χ3n) is 6.16. The third kappa shape index (κ3) is 3.53. The fraction of sp³-hybridized carbons (Fsp3) is 0.250. The molecule has 5 rings (SSSR count). The molecule has 2 aromatic carbocycles. The maximum Gasteiger partial charge on any atom is 0.325 e. The summed E-state index contributed by atoms with van der Waals surface area (Å²) in [7, 11) is 0. The Bertz CT molecular complexity index is 1170. The summed E-state index contributed by atoms with van der Waals surface area (Å²) < 4.78 is 1.98. The second kappa shape index (κ2) is 7.96. The minimum absolute atomic E-state index is 0.298. The predicted octanol–water partition coefficient (Wildman–Crippen LogP) is 1.94. The number of aryl methyl sites for hydroxylation is 1. The number of rotatable bonds is 6. The molecule has 0 radical (unpaired) electrons. The summed E-state index contributed by atoms with van der Waals surface area (Å²) in [6, 6.07) is 15.0. The van der Waals surface area contributed by atoms with E-state index in [1.165, 1.54) is 0 Å². The van der Waals surface area contributed by atoms with Gasteiger partial charge in [0.1, 0.15) is 12.1 Å². The smallest absolute Gasteiger partial charge is 0.325 e. The van der Waals surface area contributed by atoms with E-state index in [-0.39, 0.29) is 18.4 Å². The second-order valence-corrected chi connectivity index (χ2v) is 8.21. The number of aromatic nitrogens is 2. The molecule has 162 valence electrons. The molecule has 8 heteroatoms. The number of benzene rings is 2. The summed E-state index contributed by atoms with van der Waals surface area (Å²) in [6.07, 6.45) is 6.64. The number of fused-ring (bicyclic) bond motifs is 2. The number of imidazole rings is 1. The van der Waals surface area contributed by atoms with Gasteiger partial charge >= 0.3 is 6.03 Å². The van der Waals surface area contributed by atoms with Gasteiger partial charge in [0.15, 0.2) is 0 Å². The highest BCUT2D eigenvalue weighted by Crippen LogP contribution is 2.41. The van der Waals surface area contributed by atoms with Crippen LogP contribution in [0.15, 0.2) is 67.3 Å². The van der Waals surface area contributed by atoms with Crippen LogP contribution in [0.5, 0.6) is 0 Å². The lowest BCUT2D eigenvalue weighted by atomic mass is 9.92. The Labute approximate surface area is 185 Å². The zero-order chi connectivity index (χ0) is 22.1. The molecule has 0 bridgehead atoms. The van der Waals surface area contributed by atoms with Crippen molar-refractivity contribution in [3.63, 3.8) is 0 Å². The third-order valence-corrected chi connectivity index (χ3v) is 6.16. The summed E-state index contributed by atoms with van der Waals surface area (Å²) >= 11 is 0. The van der Waals surface area contributed by atoms with E-state index < -0.39 is 11.6 Å². The Morgan fingerprint density at radius 1 is 1.09 bits per heavy atom. The molecule has 1 aliphatic heterocycles. The van der Waals surface area contributed by atoms with Gasteiger partial charge < -0.3 is 15.2 Å². The van der Waals surface area contributed by atoms with Gasteiger partial charge in [0, 0.05) is 25.5 Å². The van der Waals surface area contributed by atoms with Crippen molar-refractivity contribution in [2.24, 2.45) is 0 Å². The van der Waals surface area contributed by atoms with Crippen LogP contribution in [0.1, 0.15) is 28.7 Å². The number of nitrogens with one attached hydrogen (secondary N) is 2. The highest BCUT2D eigenvalue weighted by molar-refractivity contribution is 6.09. The highest BCUT2D eigenvalue weighted by atomic mass is 16.2. The van der Waals surface area contributed by atoms with Crippen molar-refractivity contribution < 1.29 is 14.4 Å². The van der Waals surface area contributed by atoms with E-state index in [0.717, 1.165) is 40.1 Å². The van der Waals surface area contributed by atoms with Gasteiger partial charge in [-0.05, 0) is 35.1 Å². The van der Waals surface area contributed by atoms with Crippen molar-refractivity contribution >= 4 is 17.8 Å². The van der Waals surface area contributed by atoms with Crippen molar-refractivity contribution in [3.05, 3.63) is 89.5 Å². The van der Waals surface area contributed by atoms with Gasteiger partial charge in [-0.1, -0.05) is 48.5 Å². The lowest BCUT2D eigenvalue weighted by Gasteiger charge is -2.22. The Morgan fingerprint density at radius 2 is 1.88 bits per heavy atom. The molecule has 4 amide bonds. The molecule has 32 heavy (non-hydrogen) atoms. The number of urea groups is 1. The lowest BCUT2D eigenvalue weighted by Crippen LogP contribution is -2.43. The Balaban J connectivity index is 1.19. The molecule has 2 heterocycles. The molecule has 1 saturated heterocycles. The maximum absolute atomic E-state index is 13.1. The number of nitrogens with zero attached hydrogens (tertiary/aromatic N) is 3. The molecular formula is C24H23N5O3. The zero-order valence-corrected chi connectivity index (χ0v) is 17.5. The molecule has 2 aliphatic rings. The molecule has 8 nitrogen and oxygen atoms in total. The average Bonchev–Trinajstić information content (AvgIpc) is 3.50. The molecular weight excluding hydrogens is 406 g/mol. The van der Waals surface area contributed by atoms with Crippen molar-refractivity contribution in [2.45, 2.75) is 31.5 Å². The van der Waals surface area contributed by atoms with Crippen LogP contribution in [0.25, 0.3) is 0 Å². The number of amides is 4. The summed E-state index contributed by atoms with van der Waals surface area (Å²) in [6.45, 7) is 0.749. The summed E-state index contributed by atoms with van der Waals surface area (Å²) in [5, 5.41) is 5.64. The Kier molecular flexibility index (Phi) is 4.97. The van der Waals surface area contributed by atoms with Crippen LogP contribution in [-0.4, -0.2) is 38.8 Å². The number of hydrogen-bond donors (Lipinski definition) is 2. The van der Waals surface area contributed by atoms with Crippen molar-refractivity contribution in [1.82, 2.24) is 25.1 Å².